The quantitative estimate of drug-likeness (QED) is 0.0199. The van der Waals surface area contributed by atoms with Gasteiger partial charge in [0.25, 0.3) is 0 Å². The molecule has 0 saturated heterocycles. The largest absolute Gasteiger partial charge is 0.462 e. The summed E-state index contributed by atoms with van der Waals surface area (Å²) in [5, 5.41) is 0. The molecule has 6 nitrogen and oxygen atoms in total. The third-order valence-corrected chi connectivity index (χ3v) is 10.3. The molecule has 0 aliphatic heterocycles. The van der Waals surface area contributed by atoms with Crippen molar-refractivity contribution in [2.24, 2.45) is 0 Å². The number of unbranched alkanes of at least 4 members (excludes halogenated alkanes) is 17. The van der Waals surface area contributed by atoms with Gasteiger partial charge in [-0.3, -0.25) is 14.4 Å². The zero-order valence-electron chi connectivity index (χ0n) is 41.4. The van der Waals surface area contributed by atoms with E-state index in [-0.39, 0.29) is 44.0 Å². The van der Waals surface area contributed by atoms with Crippen molar-refractivity contribution in [2.75, 3.05) is 13.2 Å². The lowest BCUT2D eigenvalue weighted by molar-refractivity contribution is -0.167. The third kappa shape index (κ3) is 50.4. The average Bonchev–Trinajstić information content (AvgIpc) is 3.30. The minimum atomic E-state index is -0.826. The molecule has 0 rings (SSSR count). The maximum atomic E-state index is 12.8. The van der Waals surface area contributed by atoms with Crippen molar-refractivity contribution in [3.63, 3.8) is 0 Å². The summed E-state index contributed by atoms with van der Waals surface area (Å²) >= 11 is 0. The SMILES string of the molecule is CC\C=C/C=C\C=C/C=C\CCCCCCCC(=O)OCC(COC(=O)CCC/C=C\C/C=C\C/C=C\CCCCCCCC)OC(=O)CCCCCCC\C=C/C=C\C=C/C=C\CC. The Morgan fingerprint density at radius 2 is 0.677 bits per heavy atom. The summed E-state index contributed by atoms with van der Waals surface area (Å²) in [5.74, 6) is -1.03. The minimum absolute atomic E-state index is 0.121. The number of hydrogen-bond donors (Lipinski definition) is 0. The Balaban J connectivity index is 4.58. The van der Waals surface area contributed by atoms with Gasteiger partial charge < -0.3 is 14.2 Å². The first-order valence-corrected chi connectivity index (χ1v) is 25.8. The maximum absolute atomic E-state index is 12.8. The molecular weight excluding hydrogens is 805 g/mol. The van der Waals surface area contributed by atoms with Crippen molar-refractivity contribution in [3.05, 3.63) is 134 Å². The first-order chi connectivity index (χ1) is 32.0. The highest BCUT2D eigenvalue weighted by Gasteiger charge is 2.19. The zero-order chi connectivity index (χ0) is 47.2. The number of ether oxygens (including phenoxy) is 3. The fourth-order valence-electron chi connectivity index (χ4n) is 6.48. The predicted octanol–water partition coefficient (Wildman–Crippen LogP) is 17.1. The van der Waals surface area contributed by atoms with Gasteiger partial charge in [-0.15, -0.1) is 0 Å². The van der Waals surface area contributed by atoms with Gasteiger partial charge in [0.1, 0.15) is 13.2 Å². The second-order valence-electron chi connectivity index (χ2n) is 16.5. The molecule has 1 atom stereocenters. The molecule has 65 heavy (non-hydrogen) atoms. The highest BCUT2D eigenvalue weighted by Crippen LogP contribution is 2.12. The van der Waals surface area contributed by atoms with Crippen LogP contribution in [0.4, 0.5) is 0 Å². The van der Waals surface area contributed by atoms with Gasteiger partial charge in [0.05, 0.1) is 0 Å². The van der Waals surface area contributed by atoms with Gasteiger partial charge in [-0.25, -0.2) is 0 Å². The molecule has 1 unspecified atom stereocenters. The summed E-state index contributed by atoms with van der Waals surface area (Å²) in [7, 11) is 0. The van der Waals surface area contributed by atoms with Gasteiger partial charge in [0.15, 0.2) is 6.10 Å². The van der Waals surface area contributed by atoms with Crippen LogP contribution in [0.3, 0.4) is 0 Å². The van der Waals surface area contributed by atoms with Crippen molar-refractivity contribution in [1.29, 1.82) is 0 Å². The van der Waals surface area contributed by atoms with Gasteiger partial charge >= 0.3 is 17.9 Å². The van der Waals surface area contributed by atoms with E-state index in [1.807, 2.05) is 48.6 Å². The van der Waals surface area contributed by atoms with Crippen LogP contribution in [0.15, 0.2) is 134 Å². The summed E-state index contributed by atoms with van der Waals surface area (Å²) < 4.78 is 16.7. The van der Waals surface area contributed by atoms with Crippen LogP contribution in [0.5, 0.6) is 0 Å². The molecule has 0 bridgehead atoms. The topological polar surface area (TPSA) is 78.9 Å². The Hall–Kier alpha value is -4.45. The molecule has 0 heterocycles. The van der Waals surface area contributed by atoms with E-state index in [0.717, 1.165) is 109 Å². The zero-order valence-corrected chi connectivity index (χ0v) is 41.4. The van der Waals surface area contributed by atoms with Crippen LogP contribution in [0.2, 0.25) is 0 Å². The molecule has 0 amide bonds. The lowest BCUT2D eigenvalue weighted by atomic mass is 10.1. The number of allylic oxidation sites excluding steroid dienone is 22. The normalized spacial score (nSPS) is 13.2. The van der Waals surface area contributed by atoms with Crippen LogP contribution in [-0.4, -0.2) is 37.2 Å². The van der Waals surface area contributed by atoms with Crippen molar-refractivity contribution in [2.45, 2.75) is 207 Å². The smallest absolute Gasteiger partial charge is 0.306 e. The van der Waals surface area contributed by atoms with E-state index in [1.54, 1.807) is 0 Å². The molecule has 0 aliphatic rings. The van der Waals surface area contributed by atoms with Gasteiger partial charge in [-0.05, 0) is 89.9 Å². The number of rotatable bonds is 44. The van der Waals surface area contributed by atoms with Crippen molar-refractivity contribution >= 4 is 17.9 Å². The van der Waals surface area contributed by atoms with E-state index in [2.05, 4.69) is 106 Å². The number of carbonyl (C=O) groups is 3. The van der Waals surface area contributed by atoms with Crippen LogP contribution in [0, 0.1) is 0 Å². The summed E-state index contributed by atoms with van der Waals surface area (Å²) in [5.41, 5.74) is 0. The Morgan fingerprint density at radius 3 is 1.14 bits per heavy atom. The summed E-state index contributed by atoms with van der Waals surface area (Å²) in [4.78, 5) is 38.0. The molecule has 0 radical (unpaired) electrons. The second kappa shape index (κ2) is 52.2. The lowest BCUT2D eigenvalue weighted by Crippen LogP contribution is -2.30. The van der Waals surface area contributed by atoms with Crippen molar-refractivity contribution in [3.8, 4) is 0 Å². The molecule has 0 fully saturated rings. The van der Waals surface area contributed by atoms with Crippen LogP contribution < -0.4 is 0 Å². The van der Waals surface area contributed by atoms with Gasteiger partial charge in [-0.1, -0.05) is 225 Å². The van der Waals surface area contributed by atoms with E-state index in [9.17, 15) is 14.4 Å². The van der Waals surface area contributed by atoms with Gasteiger partial charge in [0, 0.05) is 19.3 Å². The van der Waals surface area contributed by atoms with Crippen molar-refractivity contribution < 1.29 is 28.6 Å². The first-order valence-electron chi connectivity index (χ1n) is 25.8. The molecule has 0 aromatic carbocycles. The molecule has 0 aromatic heterocycles. The molecule has 0 spiro atoms. The average molecular weight is 897 g/mol. The number of esters is 3. The Morgan fingerprint density at radius 1 is 0.338 bits per heavy atom. The fraction of sp³-hybridized carbons (Fsp3) is 0.576. The molecular formula is C59H92O6. The van der Waals surface area contributed by atoms with Crippen molar-refractivity contribution in [1.82, 2.24) is 0 Å². The molecule has 0 aromatic rings. The number of hydrogen-bond acceptors (Lipinski definition) is 6. The van der Waals surface area contributed by atoms with Crippen LogP contribution in [0.1, 0.15) is 201 Å². The first kappa shape index (κ1) is 60.5. The Labute approximate surface area is 398 Å². The predicted molar refractivity (Wildman–Crippen MR) is 279 cm³/mol. The van der Waals surface area contributed by atoms with Crippen LogP contribution in [-0.2, 0) is 28.6 Å². The van der Waals surface area contributed by atoms with Gasteiger partial charge in [-0.2, -0.15) is 0 Å². The van der Waals surface area contributed by atoms with E-state index >= 15 is 0 Å². The van der Waals surface area contributed by atoms with Gasteiger partial charge in [0.2, 0.25) is 0 Å². The van der Waals surface area contributed by atoms with E-state index in [1.165, 1.54) is 44.9 Å². The fourth-order valence-corrected chi connectivity index (χ4v) is 6.48. The monoisotopic (exact) mass is 897 g/mol. The highest BCUT2D eigenvalue weighted by molar-refractivity contribution is 5.71. The molecule has 6 heteroatoms. The summed E-state index contributed by atoms with van der Waals surface area (Å²) in [6.07, 6.45) is 72.9. The second-order valence-corrected chi connectivity index (χ2v) is 16.5. The highest BCUT2D eigenvalue weighted by atomic mass is 16.6. The summed E-state index contributed by atoms with van der Waals surface area (Å²) in [6.45, 7) is 6.25. The maximum Gasteiger partial charge on any atom is 0.306 e. The standard InChI is InChI=1S/C59H92O6/c1-4-7-10-13-16-19-22-25-28-29-32-34-37-40-43-46-49-52-58(61)64-55-56(65-59(62)53-50-47-44-41-38-35-31-27-24-21-18-15-12-9-6-3)54-63-57(60)51-48-45-42-39-36-33-30-26-23-20-17-14-11-8-5-2/h8-9,11-12,14-15,17-18,20-21,23-28,30-32,34,40,43,56H,4-7,10,13,16,19,22,29,33,35-39,41-42,44-55H2,1-3H3/b11-8-,12-9-,17-14-,18-15-,23-20-,24-21-,28-25-,30-26-,31-27-,34-32-,43-40-. The Bertz CT molecular complexity index is 1450. The summed E-state index contributed by atoms with van der Waals surface area (Å²) in [6, 6.07) is 0. The third-order valence-electron chi connectivity index (χ3n) is 10.3. The molecule has 0 saturated carbocycles. The number of carbonyl (C=O) groups excluding carboxylic acids is 3. The molecule has 0 aliphatic carbocycles. The molecule has 0 N–H and O–H groups in total. The van der Waals surface area contributed by atoms with Crippen LogP contribution >= 0.6 is 0 Å². The van der Waals surface area contributed by atoms with E-state index in [4.69, 9.17) is 14.2 Å². The molecule has 364 valence electrons. The van der Waals surface area contributed by atoms with E-state index in [0.29, 0.717) is 12.8 Å². The lowest BCUT2D eigenvalue weighted by Gasteiger charge is -2.18. The van der Waals surface area contributed by atoms with Crippen LogP contribution in [0.25, 0.3) is 0 Å². The Kier molecular flexibility index (Phi) is 48.6. The van der Waals surface area contributed by atoms with E-state index < -0.39 is 6.10 Å². The minimum Gasteiger partial charge on any atom is -0.462 e.